The lowest BCUT2D eigenvalue weighted by molar-refractivity contribution is 0.146. The van der Waals surface area contributed by atoms with Crippen LogP contribution in [0.15, 0.2) is 18.2 Å². The highest BCUT2D eigenvalue weighted by molar-refractivity contribution is 5.40. The molecule has 3 nitrogen and oxygen atoms in total. The van der Waals surface area contributed by atoms with Crippen LogP contribution in [0.2, 0.25) is 0 Å². The van der Waals surface area contributed by atoms with Crippen molar-refractivity contribution < 1.29 is 4.74 Å². The van der Waals surface area contributed by atoms with Gasteiger partial charge in [-0.15, -0.1) is 0 Å². The van der Waals surface area contributed by atoms with Crippen LogP contribution in [0.25, 0.3) is 0 Å². The summed E-state index contributed by atoms with van der Waals surface area (Å²) in [5.74, 6) is 0.987. The summed E-state index contributed by atoms with van der Waals surface area (Å²) in [6.45, 7) is 2.31. The molecule has 0 spiro atoms. The molecule has 2 atom stereocenters. The molecule has 1 aromatic rings. The molecule has 0 aromatic heterocycles. The van der Waals surface area contributed by atoms with Gasteiger partial charge >= 0.3 is 0 Å². The number of nitrogens with zero attached hydrogens (tertiary/aromatic N) is 1. The van der Waals surface area contributed by atoms with Crippen LogP contribution >= 0.6 is 0 Å². The zero-order chi connectivity index (χ0) is 13.2. The second-order valence-corrected chi connectivity index (χ2v) is 5.78. The van der Waals surface area contributed by atoms with Crippen molar-refractivity contribution in [3.63, 3.8) is 0 Å². The third kappa shape index (κ3) is 2.49. The molecule has 3 heteroatoms. The number of benzene rings is 1. The summed E-state index contributed by atoms with van der Waals surface area (Å²) in [6, 6.07) is 7.80. The summed E-state index contributed by atoms with van der Waals surface area (Å²) in [5, 5.41) is 3.52. The molecule has 1 aliphatic heterocycles. The fourth-order valence-electron chi connectivity index (χ4n) is 3.54. The average Bonchev–Trinajstić information content (AvgIpc) is 2.90. The predicted molar refractivity (Wildman–Crippen MR) is 77.7 cm³/mol. The highest BCUT2D eigenvalue weighted by Gasteiger charge is 2.30. The molecule has 1 saturated heterocycles. The van der Waals surface area contributed by atoms with Gasteiger partial charge in [-0.1, -0.05) is 6.07 Å². The van der Waals surface area contributed by atoms with E-state index in [0.717, 1.165) is 12.3 Å². The largest absolute Gasteiger partial charge is 0.497 e. The highest BCUT2D eigenvalue weighted by atomic mass is 16.5. The summed E-state index contributed by atoms with van der Waals surface area (Å²) in [4.78, 5) is 2.58. The lowest BCUT2D eigenvalue weighted by Crippen LogP contribution is -2.45. The van der Waals surface area contributed by atoms with E-state index in [0.29, 0.717) is 12.1 Å². The molecule has 1 heterocycles. The molecule has 19 heavy (non-hydrogen) atoms. The molecule has 0 amide bonds. The van der Waals surface area contributed by atoms with Gasteiger partial charge in [-0.25, -0.2) is 0 Å². The maximum absolute atomic E-state index is 5.38. The van der Waals surface area contributed by atoms with Crippen molar-refractivity contribution in [3.8, 4) is 5.75 Å². The van der Waals surface area contributed by atoms with Crippen molar-refractivity contribution in [2.45, 2.75) is 37.8 Å². The lowest BCUT2D eigenvalue weighted by Gasteiger charge is -2.36. The third-order valence-electron chi connectivity index (χ3n) is 4.74. The van der Waals surface area contributed by atoms with E-state index in [1.807, 2.05) is 0 Å². The van der Waals surface area contributed by atoms with Gasteiger partial charge in [0.2, 0.25) is 0 Å². The molecule has 1 fully saturated rings. The van der Waals surface area contributed by atoms with Crippen molar-refractivity contribution in [2.75, 3.05) is 27.2 Å². The Morgan fingerprint density at radius 3 is 2.95 bits per heavy atom. The van der Waals surface area contributed by atoms with Crippen molar-refractivity contribution in [1.29, 1.82) is 0 Å². The molecule has 1 aliphatic carbocycles. The Balaban J connectivity index is 1.80. The molecular weight excluding hydrogens is 236 g/mol. The van der Waals surface area contributed by atoms with Crippen LogP contribution in [0, 0.1) is 0 Å². The van der Waals surface area contributed by atoms with E-state index >= 15 is 0 Å². The minimum absolute atomic E-state index is 0.565. The first-order valence-electron chi connectivity index (χ1n) is 7.39. The van der Waals surface area contributed by atoms with Crippen LogP contribution in [0.1, 0.15) is 36.4 Å². The Morgan fingerprint density at radius 2 is 2.21 bits per heavy atom. The molecule has 0 radical (unpaired) electrons. The number of hydrogen-bond donors (Lipinski definition) is 1. The Hall–Kier alpha value is -1.06. The molecular formula is C16H24N2O. The van der Waals surface area contributed by atoms with Crippen molar-refractivity contribution in [2.24, 2.45) is 0 Å². The topological polar surface area (TPSA) is 24.5 Å². The Labute approximate surface area is 115 Å². The molecule has 1 aromatic carbocycles. The van der Waals surface area contributed by atoms with E-state index in [2.05, 4.69) is 35.5 Å². The Bertz CT molecular complexity index is 440. The van der Waals surface area contributed by atoms with Crippen LogP contribution < -0.4 is 10.1 Å². The van der Waals surface area contributed by atoms with Crippen LogP contribution in [-0.4, -0.2) is 38.2 Å². The van der Waals surface area contributed by atoms with Gasteiger partial charge in [0, 0.05) is 18.6 Å². The van der Waals surface area contributed by atoms with Gasteiger partial charge in [0.15, 0.2) is 0 Å². The molecule has 2 aliphatic rings. The third-order valence-corrected chi connectivity index (χ3v) is 4.74. The molecule has 2 unspecified atom stereocenters. The minimum atomic E-state index is 0.565. The number of aryl methyl sites for hydroxylation is 1. The number of fused-ring (bicyclic) bond motifs is 1. The molecule has 0 saturated carbocycles. The Kier molecular flexibility index (Phi) is 3.76. The van der Waals surface area contributed by atoms with Gasteiger partial charge in [0.25, 0.3) is 0 Å². The standard InChI is InChI=1S/C16H24N2O/c1-18(13-4-3-9-17-11-13)16-8-6-12-5-7-14(19-2)10-15(12)16/h5,7,10,13,16-17H,3-4,6,8-9,11H2,1-2H3. The van der Waals surface area contributed by atoms with Crippen LogP contribution in [0.4, 0.5) is 0 Å². The summed E-state index contributed by atoms with van der Waals surface area (Å²) < 4.78 is 5.38. The smallest absolute Gasteiger partial charge is 0.119 e. The SMILES string of the molecule is COc1ccc2c(c1)C(N(C)C1CCCNC1)CC2. The number of ether oxygens (including phenoxy) is 1. The number of hydrogen-bond acceptors (Lipinski definition) is 3. The number of likely N-dealkylation sites (N-methyl/N-ethyl adjacent to an activating group) is 1. The van der Waals surface area contributed by atoms with E-state index in [9.17, 15) is 0 Å². The maximum Gasteiger partial charge on any atom is 0.119 e. The number of rotatable bonds is 3. The van der Waals surface area contributed by atoms with Crippen molar-refractivity contribution in [3.05, 3.63) is 29.3 Å². The zero-order valence-electron chi connectivity index (χ0n) is 12.0. The van der Waals surface area contributed by atoms with Crippen molar-refractivity contribution in [1.82, 2.24) is 10.2 Å². The first kappa shape index (κ1) is 12.9. The summed E-state index contributed by atoms with van der Waals surface area (Å²) in [7, 11) is 4.04. The summed E-state index contributed by atoms with van der Waals surface area (Å²) in [5.41, 5.74) is 2.98. The quantitative estimate of drug-likeness (QED) is 0.903. The molecule has 1 N–H and O–H groups in total. The van der Waals surface area contributed by atoms with Gasteiger partial charge in [-0.2, -0.15) is 0 Å². The van der Waals surface area contributed by atoms with Gasteiger partial charge in [-0.3, -0.25) is 4.90 Å². The second-order valence-electron chi connectivity index (χ2n) is 5.78. The van der Waals surface area contributed by atoms with Gasteiger partial charge in [0.05, 0.1) is 7.11 Å². The monoisotopic (exact) mass is 260 g/mol. The first-order valence-corrected chi connectivity index (χ1v) is 7.39. The predicted octanol–water partition coefficient (Wildman–Crippen LogP) is 2.37. The zero-order valence-corrected chi connectivity index (χ0v) is 12.0. The van der Waals surface area contributed by atoms with E-state index in [-0.39, 0.29) is 0 Å². The van der Waals surface area contributed by atoms with Gasteiger partial charge in [0.1, 0.15) is 5.75 Å². The minimum Gasteiger partial charge on any atom is -0.497 e. The van der Waals surface area contributed by atoms with Gasteiger partial charge < -0.3 is 10.1 Å². The average molecular weight is 260 g/mol. The Morgan fingerprint density at radius 1 is 1.32 bits per heavy atom. The van der Waals surface area contributed by atoms with Gasteiger partial charge in [-0.05, 0) is 62.5 Å². The number of nitrogens with one attached hydrogen (secondary N) is 1. The highest BCUT2D eigenvalue weighted by Crippen LogP contribution is 2.38. The molecule has 0 bridgehead atoms. The summed E-state index contributed by atoms with van der Waals surface area (Å²) >= 11 is 0. The number of methoxy groups -OCH3 is 1. The number of piperidine rings is 1. The van der Waals surface area contributed by atoms with Crippen LogP contribution in [0.5, 0.6) is 5.75 Å². The second kappa shape index (κ2) is 5.51. The summed E-state index contributed by atoms with van der Waals surface area (Å²) in [6.07, 6.45) is 5.07. The van der Waals surface area contributed by atoms with E-state index in [4.69, 9.17) is 4.74 Å². The fraction of sp³-hybridized carbons (Fsp3) is 0.625. The molecule has 104 valence electrons. The van der Waals surface area contributed by atoms with Crippen LogP contribution in [0.3, 0.4) is 0 Å². The lowest BCUT2D eigenvalue weighted by atomic mass is 10.0. The van der Waals surface area contributed by atoms with E-state index < -0.39 is 0 Å². The van der Waals surface area contributed by atoms with Crippen molar-refractivity contribution >= 4 is 0 Å². The fourth-order valence-corrected chi connectivity index (χ4v) is 3.54. The normalized spacial score (nSPS) is 26.5. The van der Waals surface area contributed by atoms with Crippen LogP contribution in [-0.2, 0) is 6.42 Å². The van der Waals surface area contributed by atoms with E-state index in [1.165, 1.54) is 43.4 Å². The maximum atomic E-state index is 5.38. The van der Waals surface area contributed by atoms with E-state index in [1.54, 1.807) is 7.11 Å². The first-order chi connectivity index (χ1) is 9.29. The molecule has 3 rings (SSSR count).